The Morgan fingerprint density at radius 3 is 2.79 bits per heavy atom. The summed E-state index contributed by atoms with van der Waals surface area (Å²) in [4.78, 5) is 9.57. The van der Waals surface area contributed by atoms with Gasteiger partial charge in [-0.2, -0.15) is 0 Å². The monoisotopic (exact) mass is 388 g/mol. The van der Waals surface area contributed by atoms with Crippen molar-refractivity contribution in [2.75, 3.05) is 46.4 Å². The number of hydrogen-bond acceptors (Lipinski definition) is 4. The van der Waals surface area contributed by atoms with Crippen LogP contribution < -0.4 is 5.32 Å². The molecule has 1 aromatic rings. The molecule has 2 aliphatic rings. The molecule has 3 rings (SSSR count). The molecular weight excluding hydrogens is 352 g/mol. The summed E-state index contributed by atoms with van der Waals surface area (Å²) in [5, 5.41) is 3.46. The summed E-state index contributed by atoms with van der Waals surface area (Å²) < 4.78 is 11.8. The van der Waals surface area contributed by atoms with E-state index in [-0.39, 0.29) is 12.2 Å². The zero-order valence-electron chi connectivity index (χ0n) is 17.7. The summed E-state index contributed by atoms with van der Waals surface area (Å²) >= 11 is 0. The van der Waals surface area contributed by atoms with Gasteiger partial charge in [-0.15, -0.1) is 0 Å². The van der Waals surface area contributed by atoms with E-state index < -0.39 is 0 Å². The molecule has 2 saturated heterocycles. The lowest BCUT2D eigenvalue weighted by Crippen LogP contribution is -2.53. The van der Waals surface area contributed by atoms with Crippen molar-refractivity contribution in [1.29, 1.82) is 0 Å². The second-order valence-corrected chi connectivity index (χ2v) is 7.73. The van der Waals surface area contributed by atoms with E-state index in [0.717, 1.165) is 64.7 Å². The van der Waals surface area contributed by atoms with E-state index in [9.17, 15) is 0 Å². The van der Waals surface area contributed by atoms with Gasteiger partial charge in [-0.3, -0.25) is 0 Å². The van der Waals surface area contributed by atoms with Crippen molar-refractivity contribution in [2.45, 2.75) is 52.0 Å². The standard InChI is InChI=1S/C22H36N4O2/c1-4-23-22(26-11-13-28-21(17-26)20-10-7-12-27-20)24-15-18-8-6-9-19(14-18)16-25(3)5-2/h6,8-9,14,20-21H,4-5,7,10-13,15-17H2,1-3H3,(H,23,24). The van der Waals surface area contributed by atoms with Crippen LogP contribution in [0.5, 0.6) is 0 Å². The predicted octanol–water partition coefficient (Wildman–Crippen LogP) is 2.48. The van der Waals surface area contributed by atoms with Crippen LogP contribution in [0.4, 0.5) is 0 Å². The molecule has 1 N–H and O–H groups in total. The van der Waals surface area contributed by atoms with Crippen LogP contribution in [-0.4, -0.2) is 74.4 Å². The first-order chi connectivity index (χ1) is 13.7. The predicted molar refractivity (Wildman–Crippen MR) is 114 cm³/mol. The van der Waals surface area contributed by atoms with Gasteiger partial charge >= 0.3 is 0 Å². The van der Waals surface area contributed by atoms with Crippen molar-refractivity contribution in [3.63, 3.8) is 0 Å². The summed E-state index contributed by atoms with van der Waals surface area (Å²) in [5.41, 5.74) is 2.59. The third-order valence-electron chi connectivity index (χ3n) is 5.50. The third kappa shape index (κ3) is 5.93. The van der Waals surface area contributed by atoms with E-state index in [1.165, 1.54) is 11.1 Å². The van der Waals surface area contributed by atoms with Crippen LogP contribution in [0.1, 0.15) is 37.8 Å². The topological polar surface area (TPSA) is 49.3 Å². The van der Waals surface area contributed by atoms with E-state index >= 15 is 0 Å². The number of rotatable bonds is 7. The first-order valence-electron chi connectivity index (χ1n) is 10.7. The van der Waals surface area contributed by atoms with Crippen LogP contribution in [0.3, 0.4) is 0 Å². The first kappa shape index (κ1) is 21.1. The second kappa shape index (κ2) is 10.8. The second-order valence-electron chi connectivity index (χ2n) is 7.73. The van der Waals surface area contributed by atoms with E-state index in [1.807, 2.05) is 0 Å². The van der Waals surface area contributed by atoms with Gasteiger partial charge in [-0.05, 0) is 44.5 Å². The molecule has 0 amide bonds. The van der Waals surface area contributed by atoms with Gasteiger partial charge in [0.15, 0.2) is 5.96 Å². The molecule has 2 unspecified atom stereocenters. The molecule has 0 saturated carbocycles. The maximum absolute atomic E-state index is 5.99. The number of morpholine rings is 1. The van der Waals surface area contributed by atoms with E-state index in [0.29, 0.717) is 6.54 Å². The first-order valence-corrected chi connectivity index (χ1v) is 10.7. The van der Waals surface area contributed by atoms with Gasteiger partial charge in [0.05, 0.1) is 19.3 Å². The van der Waals surface area contributed by atoms with Crippen molar-refractivity contribution < 1.29 is 9.47 Å². The fraction of sp³-hybridized carbons (Fsp3) is 0.682. The van der Waals surface area contributed by atoms with Crippen LogP contribution in [0.15, 0.2) is 29.3 Å². The number of aliphatic imine (C=N–C) groups is 1. The van der Waals surface area contributed by atoms with Crippen molar-refractivity contribution in [3.05, 3.63) is 35.4 Å². The van der Waals surface area contributed by atoms with Gasteiger partial charge in [-0.1, -0.05) is 31.2 Å². The normalized spacial score (nSPS) is 23.4. The van der Waals surface area contributed by atoms with Crippen LogP contribution in [0.25, 0.3) is 0 Å². The van der Waals surface area contributed by atoms with Gasteiger partial charge in [0.1, 0.15) is 6.10 Å². The molecule has 2 fully saturated rings. The van der Waals surface area contributed by atoms with Crippen LogP contribution >= 0.6 is 0 Å². The highest BCUT2D eigenvalue weighted by Crippen LogP contribution is 2.21. The minimum Gasteiger partial charge on any atom is -0.375 e. The van der Waals surface area contributed by atoms with Crippen molar-refractivity contribution in [1.82, 2.24) is 15.1 Å². The Kier molecular flexibility index (Phi) is 8.13. The average Bonchev–Trinajstić information content (AvgIpc) is 3.26. The fourth-order valence-corrected chi connectivity index (χ4v) is 3.83. The van der Waals surface area contributed by atoms with E-state index in [4.69, 9.17) is 14.5 Å². The minimum absolute atomic E-state index is 0.146. The highest BCUT2D eigenvalue weighted by Gasteiger charge is 2.32. The number of benzene rings is 1. The summed E-state index contributed by atoms with van der Waals surface area (Å²) in [6.07, 6.45) is 2.62. The highest BCUT2D eigenvalue weighted by atomic mass is 16.5. The maximum atomic E-state index is 5.99. The molecule has 28 heavy (non-hydrogen) atoms. The van der Waals surface area contributed by atoms with Gasteiger partial charge in [0.25, 0.3) is 0 Å². The zero-order chi connectivity index (χ0) is 19.8. The van der Waals surface area contributed by atoms with Crippen molar-refractivity contribution in [3.8, 4) is 0 Å². The quantitative estimate of drug-likeness (QED) is 0.574. The molecule has 6 nitrogen and oxygen atoms in total. The Hall–Kier alpha value is -1.63. The van der Waals surface area contributed by atoms with Gasteiger partial charge in [0, 0.05) is 32.8 Å². The Morgan fingerprint density at radius 2 is 2.04 bits per heavy atom. The summed E-state index contributed by atoms with van der Waals surface area (Å²) in [6.45, 7) is 11.2. The summed E-state index contributed by atoms with van der Waals surface area (Å²) in [5.74, 6) is 0.977. The van der Waals surface area contributed by atoms with Crippen LogP contribution in [0.2, 0.25) is 0 Å². The molecule has 0 radical (unpaired) electrons. The zero-order valence-corrected chi connectivity index (χ0v) is 17.7. The molecule has 6 heteroatoms. The molecular formula is C22H36N4O2. The van der Waals surface area contributed by atoms with Crippen molar-refractivity contribution in [2.24, 2.45) is 4.99 Å². The third-order valence-corrected chi connectivity index (χ3v) is 5.50. The fourth-order valence-electron chi connectivity index (χ4n) is 3.83. The molecule has 2 aliphatic heterocycles. The number of nitrogens with zero attached hydrogens (tertiary/aromatic N) is 3. The Morgan fingerprint density at radius 1 is 1.21 bits per heavy atom. The van der Waals surface area contributed by atoms with Crippen LogP contribution in [-0.2, 0) is 22.6 Å². The number of nitrogens with one attached hydrogen (secondary N) is 1. The molecule has 1 aromatic carbocycles. The lowest BCUT2D eigenvalue weighted by Gasteiger charge is -2.37. The lowest BCUT2D eigenvalue weighted by atomic mass is 10.1. The van der Waals surface area contributed by atoms with Gasteiger partial charge in [-0.25, -0.2) is 4.99 Å². The van der Waals surface area contributed by atoms with Crippen molar-refractivity contribution >= 4 is 5.96 Å². The molecule has 156 valence electrons. The Labute approximate surface area is 169 Å². The van der Waals surface area contributed by atoms with Gasteiger partial charge in [0.2, 0.25) is 0 Å². The largest absolute Gasteiger partial charge is 0.375 e. The lowest BCUT2D eigenvalue weighted by molar-refractivity contribution is -0.0817. The number of ether oxygens (including phenoxy) is 2. The SMILES string of the molecule is CCNC(=NCc1cccc(CN(C)CC)c1)N1CCOC(C2CCCO2)C1. The Bertz CT molecular complexity index is 631. The van der Waals surface area contributed by atoms with E-state index in [2.05, 4.69) is 60.3 Å². The van der Waals surface area contributed by atoms with Gasteiger partial charge < -0.3 is 24.6 Å². The number of guanidine groups is 1. The van der Waals surface area contributed by atoms with E-state index in [1.54, 1.807) is 0 Å². The summed E-state index contributed by atoms with van der Waals surface area (Å²) in [7, 11) is 2.15. The highest BCUT2D eigenvalue weighted by molar-refractivity contribution is 5.80. The molecule has 0 aromatic heterocycles. The molecule has 0 bridgehead atoms. The molecule has 0 aliphatic carbocycles. The maximum Gasteiger partial charge on any atom is 0.194 e. The number of hydrogen-bond donors (Lipinski definition) is 1. The molecule has 0 spiro atoms. The molecule has 2 heterocycles. The van der Waals surface area contributed by atoms with Crippen LogP contribution in [0, 0.1) is 0 Å². The summed E-state index contributed by atoms with van der Waals surface area (Å²) in [6, 6.07) is 8.77. The minimum atomic E-state index is 0.146. The Balaban J connectivity index is 1.64. The average molecular weight is 389 g/mol. The smallest absolute Gasteiger partial charge is 0.194 e. The molecule has 2 atom stereocenters.